The van der Waals surface area contributed by atoms with Gasteiger partial charge in [0.25, 0.3) is 0 Å². The van der Waals surface area contributed by atoms with Crippen LogP contribution >= 0.6 is 0 Å². The van der Waals surface area contributed by atoms with Crippen LogP contribution in [-0.2, 0) is 4.74 Å². The van der Waals surface area contributed by atoms with Gasteiger partial charge in [-0.25, -0.2) is 5.21 Å². The van der Waals surface area contributed by atoms with Crippen LogP contribution in [-0.4, -0.2) is 62.9 Å². The summed E-state index contributed by atoms with van der Waals surface area (Å²) in [6, 6.07) is 5.71. The van der Waals surface area contributed by atoms with Gasteiger partial charge in [0.2, 0.25) is 12.0 Å². The van der Waals surface area contributed by atoms with Crippen LogP contribution < -0.4 is 9.96 Å². The van der Waals surface area contributed by atoms with Crippen LogP contribution in [0.3, 0.4) is 0 Å². The minimum Gasteiger partial charge on any atom is -0.595 e. The highest BCUT2D eigenvalue weighted by Crippen LogP contribution is 2.27. The molecule has 6 atom stereocenters. The minimum absolute atomic E-state index is 0.0608. The molecule has 0 spiro atoms. The summed E-state index contributed by atoms with van der Waals surface area (Å²) in [6.07, 6.45) is -7.21. The maximum absolute atomic E-state index is 11.1. The largest absolute Gasteiger partial charge is 0.595 e. The number of benzene rings is 1. The van der Waals surface area contributed by atoms with Crippen molar-refractivity contribution in [2.75, 3.05) is 6.61 Å². The van der Waals surface area contributed by atoms with Crippen molar-refractivity contribution < 1.29 is 40.3 Å². The van der Waals surface area contributed by atoms with E-state index in [0.717, 1.165) is 0 Å². The number of rotatable bonds is 4. The summed E-state index contributed by atoms with van der Waals surface area (Å²) < 4.78 is 10.4. The molecule has 21 heavy (non-hydrogen) atoms. The van der Waals surface area contributed by atoms with Crippen LogP contribution in [0.15, 0.2) is 24.3 Å². The molecule has 2 rings (SSSR count). The van der Waals surface area contributed by atoms with E-state index in [1.807, 2.05) is 0 Å². The monoisotopic (exact) mass is 303 g/mol. The lowest BCUT2D eigenvalue weighted by molar-refractivity contribution is -0.991. The molecule has 9 heteroatoms. The Labute approximate surface area is 119 Å². The van der Waals surface area contributed by atoms with Crippen LogP contribution in [0, 0.1) is 5.21 Å². The van der Waals surface area contributed by atoms with Gasteiger partial charge in [-0.2, -0.15) is 5.23 Å². The molecular weight excluding hydrogens is 286 g/mol. The maximum atomic E-state index is 11.1. The van der Waals surface area contributed by atoms with Gasteiger partial charge in [0, 0.05) is 6.07 Å². The Kier molecular flexibility index (Phi) is 5.08. The Balaban J connectivity index is 2.19. The summed E-state index contributed by atoms with van der Waals surface area (Å²) in [5.41, 5.74) is -0.144. The third kappa shape index (κ3) is 3.31. The lowest BCUT2D eigenvalue weighted by Gasteiger charge is -2.39. The molecule has 1 heterocycles. The van der Waals surface area contributed by atoms with Crippen LogP contribution in [0.4, 0.5) is 5.69 Å². The number of para-hydroxylation sites is 2. The highest BCUT2D eigenvalue weighted by atomic mass is 16.8. The summed E-state index contributed by atoms with van der Waals surface area (Å²) in [6.45, 7) is -0.592. The van der Waals surface area contributed by atoms with E-state index < -0.39 is 42.5 Å². The number of ether oxygens (including phenoxy) is 2. The molecule has 0 aliphatic carbocycles. The molecule has 1 aromatic rings. The topological polar surface area (TPSA) is 147 Å². The van der Waals surface area contributed by atoms with Gasteiger partial charge < -0.3 is 35.1 Å². The summed E-state index contributed by atoms with van der Waals surface area (Å²) in [5.74, 6) is -0.0608. The Morgan fingerprint density at radius 1 is 1.14 bits per heavy atom. The molecule has 0 bridgehead atoms. The number of aliphatic hydroxyl groups excluding tert-OH is 4. The minimum atomic E-state index is -1.59. The van der Waals surface area contributed by atoms with Crippen molar-refractivity contribution in [1.82, 2.24) is 0 Å². The standard InChI is InChI=1S/C12H17NO8/c14-5-8-9(15)10(16)11(17)12(21-8)20-7-4-2-1-3-6(7)13(18)19/h1-4,8-18H,5H2. The number of hydrogen-bond acceptors (Lipinski definition) is 8. The first-order chi connectivity index (χ1) is 9.95. The first-order valence-electron chi connectivity index (χ1n) is 6.25. The second-order valence-electron chi connectivity index (χ2n) is 4.62. The van der Waals surface area contributed by atoms with Gasteiger partial charge in [0.05, 0.1) is 6.61 Å². The molecule has 1 aliphatic rings. The molecule has 1 saturated heterocycles. The van der Waals surface area contributed by atoms with E-state index in [2.05, 4.69) is 0 Å². The highest BCUT2D eigenvalue weighted by molar-refractivity contribution is 5.45. The van der Waals surface area contributed by atoms with E-state index >= 15 is 0 Å². The maximum Gasteiger partial charge on any atom is 0.229 e. The molecule has 0 saturated carbocycles. The average molecular weight is 303 g/mol. The molecule has 0 radical (unpaired) electrons. The summed E-state index contributed by atoms with van der Waals surface area (Å²) in [4.78, 5) is 0. The molecule has 1 aromatic carbocycles. The van der Waals surface area contributed by atoms with E-state index in [0.29, 0.717) is 0 Å². The fraction of sp³-hybridized carbons (Fsp3) is 0.500. The van der Waals surface area contributed by atoms with E-state index in [4.69, 9.17) is 19.8 Å². The molecule has 6 N–H and O–H groups in total. The van der Waals surface area contributed by atoms with Crippen LogP contribution in [0.5, 0.6) is 5.75 Å². The smallest absolute Gasteiger partial charge is 0.229 e. The van der Waals surface area contributed by atoms with Gasteiger partial charge in [-0.1, -0.05) is 12.1 Å². The molecule has 118 valence electrons. The second-order valence-corrected chi connectivity index (χ2v) is 4.62. The van der Waals surface area contributed by atoms with E-state index in [1.165, 1.54) is 24.3 Å². The van der Waals surface area contributed by atoms with Crippen molar-refractivity contribution in [3.63, 3.8) is 0 Å². The van der Waals surface area contributed by atoms with E-state index in [1.54, 1.807) is 0 Å². The van der Waals surface area contributed by atoms with Crippen LogP contribution in [0.2, 0.25) is 0 Å². The van der Waals surface area contributed by atoms with Crippen molar-refractivity contribution in [2.24, 2.45) is 0 Å². The van der Waals surface area contributed by atoms with Crippen molar-refractivity contribution in [3.05, 3.63) is 29.5 Å². The summed E-state index contributed by atoms with van der Waals surface area (Å²) in [7, 11) is 0. The average Bonchev–Trinajstić information content (AvgIpc) is 2.48. The number of quaternary nitrogens is 1. The molecule has 6 unspecified atom stereocenters. The van der Waals surface area contributed by atoms with Gasteiger partial charge in [0.1, 0.15) is 24.4 Å². The number of hydrogen-bond donors (Lipinski definition) is 6. The summed E-state index contributed by atoms with van der Waals surface area (Å²) in [5, 5.41) is 57.0. The van der Waals surface area contributed by atoms with Gasteiger partial charge in [-0.15, -0.1) is 0 Å². The Hall–Kier alpha value is -1.30. The predicted molar refractivity (Wildman–Crippen MR) is 66.6 cm³/mol. The van der Waals surface area contributed by atoms with E-state index in [-0.39, 0.29) is 11.4 Å². The van der Waals surface area contributed by atoms with Crippen molar-refractivity contribution >= 4 is 5.69 Å². The quantitative estimate of drug-likeness (QED) is 0.329. The molecule has 1 fully saturated rings. The van der Waals surface area contributed by atoms with E-state index in [9.17, 15) is 20.5 Å². The van der Waals surface area contributed by atoms with Crippen LogP contribution in [0.1, 0.15) is 0 Å². The first kappa shape index (κ1) is 16.1. The fourth-order valence-electron chi connectivity index (χ4n) is 2.04. The third-order valence-electron chi connectivity index (χ3n) is 3.21. The van der Waals surface area contributed by atoms with Gasteiger partial charge in [-0.05, 0) is 6.07 Å². The molecule has 1 aliphatic heterocycles. The SMILES string of the molecule is [O-][NH+](O)c1ccccc1OC1OC(CO)C(O)C(O)C1O. The van der Waals surface area contributed by atoms with Gasteiger partial charge >= 0.3 is 0 Å². The normalized spacial score (nSPS) is 34.5. The first-order valence-corrected chi connectivity index (χ1v) is 6.25. The molecule has 9 nitrogen and oxygen atoms in total. The third-order valence-corrected chi connectivity index (χ3v) is 3.21. The van der Waals surface area contributed by atoms with Crippen LogP contribution in [0.25, 0.3) is 0 Å². The summed E-state index contributed by atoms with van der Waals surface area (Å²) >= 11 is 0. The fourth-order valence-corrected chi connectivity index (χ4v) is 2.04. The number of nitrogens with one attached hydrogen (secondary N) is 1. The van der Waals surface area contributed by atoms with Gasteiger partial charge in [-0.3, -0.25) is 0 Å². The predicted octanol–water partition coefficient (Wildman–Crippen LogP) is -2.73. The second kappa shape index (κ2) is 6.64. The lowest BCUT2D eigenvalue weighted by Crippen LogP contribution is -2.99. The Morgan fingerprint density at radius 2 is 1.81 bits per heavy atom. The Bertz CT molecular complexity index is 468. The number of aliphatic hydroxyl groups is 4. The van der Waals surface area contributed by atoms with Crippen molar-refractivity contribution in [3.8, 4) is 5.75 Å². The van der Waals surface area contributed by atoms with Crippen molar-refractivity contribution in [2.45, 2.75) is 30.7 Å². The zero-order valence-electron chi connectivity index (χ0n) is 10.9. The zero-order valence-corrected chi connectivity index (χ0v) is 10.9. The molecule has 0 amide bonds. The van der Waals surface area contributed by atoms with Crippen molar-refractivity contribution in [1.29, 1.82) is 0 Å². The molecular formula is C12H17NO8. The molecule has 0 aromatic heterocycles. The lowest BCUT2D eigenvalue weighted by atomic mass is 9.99. The Morgan fingerprint density at radius 3 is 2.43 bits per heavy atom. The zero-order chi connectivity index (χ0) is 15.6. The van der Waals surface area contributed by atoms with Gasteiger partial charge in [0.15, 0.2) is 5.75 Å². The highest BCUT2D eigenvalue weighted by Gasteiger charge is 2.45.